The number of hydrogen-bond acceptors (Lipinski definition) is 4. The summed E-state index contributed by atoms with van der Waals surface area (Å²) in [5.74, 6) is -0.640. The Morgan fingerprint density at radius 1 is 1.53 bits per heavy atom. The van der Waals surface area contributed by atoms with Crippen molar-refractivity contribution < 1.29 is 9.18 Å². The van der Waals surface area contributed by atoms with Crippen LogP contribution < -0.4 is 11.1 Å². The summed E-state index contributed by atoms with van der Waals surface area (Å²) in [5, 5.41) is 4.96. The van der Waals surface area contributed by atoms with Crippen LogP contribution in [-0.2, 0) is 0 Å². The first-order chi connectivity index (χ1) is 8.97. The molecule has 2 aromatic rings. The van der Waals surface area contributed by atoms with E-state index in [0.717, 1.165) is 5.69 Å². The van der Waals surface area contributed by atoms with Crippen molar-refractivity contribution in [3.63, 3.8) is 0 Å². The zero-order chi connectivity index (χ0) is 14.0. The van der Waals surface area contributed by atoms with Crippen LogP contribution in [0.3, 0.4) is 0 Å². The van der Waals surface area contributed by atoms with Crippen molar-refractivity contribution in [2.45, 2.75) is 19.9 Å². The maximum atomic E-state index is 13.1. The van der Waals surface area contributed by atoms with Crippen LogP contribution in [0.25, 0.3) is 0 Å². The van der Waals surface area contributed by atoms with Gasteiger partial charge in [0.05, 0.1) is 5.69 Å². The van der Waals surface area contributed by atoms with Crippen LogP contribution in [0.15, 0.2) is 23.6 Å². The fourth-order valence-electron chi connectivity index (χ4n) is 1.51. The van der Waals surface area contributed by atoms with Crippen LogP contribution in [0, 0.1) is 12.7 Å². The third-order valence-corrected chi connectivity index (χ3v) is 3.41. The zero-order valence-corrected chi connectivity index (χ0v) is 11.4. The van der Waals surface area contributed by atoms with Crippen LogP contribution >= 0.6 is 11.3 Å². The molecule has 0 saturated heterocycles. The highest BCUT2D eigenvalue weighted by Gasteiger charge is 2.11. The SMILES string of the molecule is Cc1cc(C(=O)Nc2nc(C(C)N)cs2)ccc1F. The van der Waals surface area contributed by atoms with Gasteiger partial charge in [0.1, 0.15) is 5.82 Å². The minimum absolute atomic E-state index is 0.171. The van der Waals surface area contributed by atoms with Gasteiger partial charge in [0.25, 0.3) is 5.91 Å². The number of halogens is 1. The number of hydrogen-bond donors (Lipinski definition) is 2. The number of benzene rings is 1. The van der Waals surface area contributed by atoms with Gasteiger partial charge >= 0.3 is 0 Å². The van der Waals surface area contributed by atoms with E-state index in [1.54, 1.807) is 12.3 Å². The number of nitrogens with zero attached hydrogens (tertiary/aromatic N) is 1. The smallest absolute Gasteiger partial charge is 0.257 e. The van der Waals surface area contributed by atoms with E-state index in [-0.39, 0.29) is 17.8 Å². The van der Waals surface area contributed by atoms with Crippen LogP contribution in [-0.4, -0.2) is 10.9 Å². The average molecular weight is 279 g/mol. The first kappa shape index (κ1) is 13.6. The lowest BCUT2D eigenvalue weighted by Gasteiger charge is -2.03. The third kappa shape index (κ3) is 3.15. The third-order valence-electron chi connectivity index (χ3n) is 2.63. The van der Waals surface area contributed by atoms with Crippen LogP contribution in [0.5, 0.6) is 0 Å². The Morgan fingerprint density at radius 3 is 2.84 bits per heavy atom. The number of rotatable bonds is 3. The van der Waals surface area contributed by atoms with Crippen molar-refractivity contribution in [2.75, 3.05) is 5.32 Å². The molecule has 1 amide bonds. The van der Waals surface area contributed by atoms with E-state index in [9.17, 15) is 9.18 Å². The lowest BCUT2D eigenvalue weighted by atomic mass is 10.1. The number of anilines is 1. The molecule has 0 aliphatic rings. The number of thiazole rings is 1. The highest BCUT2D eigenvalue weighted by molar-refractivity contribution is 7.14. The summed E-state index contributed by atoms with van der Waals surface area (Å²) < 4.78 is 13.1. The largest absolute Gasteiger partial charge is 0.323 e. The summed E-state index contributed by atoms with van der Waals surface area (Å²) in [6.45, 7) is 3.44. The van der Waals surface area contributed by atoms with Crippen molar-refractivity contribution in [1.29, 1.82) is 0 Å². The Labute approximate surface area is 114 Å². The summed E-state index contributed by atoms with van der Waals surface area (Å²) in [7, 11) is 0. The molecule has 0 fully saturated rings. The summed E-state index contributed by atoms with van der Waals surface area (Å²) in [5.41, 5.74) is 7.26. The number of carbonyl (C=O) groups is 1. The van der Waals surface area contributed by atoms with E-state index in [0.29, 0.717) is 16.3 Å². The van der Waals surface area contributed by atoms with Crippen LogP contribution in [0.2, 0.25) is 0 Å². The fraction of sp³-hybridized carbons (Fsp3) is 0.231. The summed E-state index contributed by atoms with van der Waals surface area (Å²) >= 11 is 1.31. The Balaban J connectivity index is 2.13. The minimum atomic E-state index is -0.329. The molecular formula is C13H14FN3OS. The Morgan fingerprint density at radius 2 is 2.26 bits per heavy atom. The van der Waals surface area contributed by atoms with Gasteiger partial charge in [-0.25, -0.2) is 9.37 Å². The number of nitrogens with one attached hydrogen (secondary N) is 1. The van der Waals surface area contributed by atoms with E-state index in [1.165, 1.54) is 29.5 Å². The van der Waals surface area contributed by atoms with Crippen molar-refractivity contribution in [3.8, 4) is 0 Å². The molecule has 0 bridgehead atoms. The molecule has 0 radical (unpaired) electrons. The van der Waals surface area contributed by atoms with Crippen molar-refractivity contribution in [1.82, 2.24) is 4.98 Å². The Kier molecular flexibility index (Phi) is 3.92. The van der Waals surface area contributed by atoms with E-state index < -0.39 is 0 Å². The summed E-state index contributed by atoms with van der Waals surface area (Å²) in [6.07, 6.45) is 0. The number of aromatic nitrogens is 1. The molecule has 2 rings (SSSR count). The molecule has 0 aliphatic heterocycles. The number of amides is 1. The van der Waals surface area contributed by atoms with E-state index in [2.05, 4.69) is 10.3 Å². The second-order valence-corrected chi connectivity index (χ2v) is 5.14. The van der Waals surface area contributed by atoms with Gasteiger partial charge in [0.2, 0.25) is 0 Å². The van der Waals surface area contributed by atoms with Crippen LogP contribution in [0.4, 0.5) is 9.52 Å². The molecule has 4 nitrogen and oxygen atoms in total. The molecule has 6 heteroatoms. The molecule has 19 heavy (non-hydrogen) atoms. The van der Waals surface area contributed by atoms with Gasteiger partial charge in [-0.2, -0.15) is 0 Å². The highest BCUT2D eigenvalue weighted by atomic mass is 32.1. The second-order valence-electron chi connectivity index (χ2n) is 4.28. The number of aryl methyl sites for hydroxylation is 1. The lowest BCUT2D eigenvalue weighted by molar-refractivity contribution is 0.102. The number of carbonyl (C=O) groups excluding carboxylic acids is 1. The number of nitrogens with two attached hydrogens (primary N) is 1. The first-order valence-corrected chi connectivity index (χ1v) is 6.64. The Hall–Kier alpha value is -1.79. The molecule has 0 spiro atoms. The van der Waals surface area contributed by atoms with Crippen LogP contribution in [0.1, 0.15) is 34.6 Å². The zero-order valence-electron chi connectivity index (χ0n) is 10.6. The van der Waals surface area contributed by atoms with Gasteiger partial charge in [0, 0.05) is 17.0 Å². The van der Waals surface area contributed by atoms with Crippen molar-refractivity contribution in [2.24, 2.45) is 5.73 Å². The maximum Gasteiger partial charge on any atom is 0.257 e. The Bertz CT molecular complexity index is 610. The molecule has 0 aliphatic carbocycles. The van der Waals surface area contributed by atoms with E-state index in [4.69, 9.17) is 5.73 Å². The molecule has 1 unspecified atom stereocenters. The first-order valence-electron chi connectivity index (χ1n) is 5.76. The van der Waals surface area contributed by atoms with Gasteiger partial charge in [-0.15, -0.1) is 11.3 Å². The lowest BCUT2D eigenvalue weighted by Crippen LogP contribution is -2.12. The van der Waals surface area contributed by atoms with E-state index in [1.807, 2.05) is 6.92 Å². The molecule has 1 heterocycles. The highest BCUT2D eigenvalue weighted by Crippen LogP contribution is 2.20. The molecule has 0 saturated carbocycles. The van der Waals surface area contributed by atoms with Gasteiger partial charge < -0.3 is 5.73 Å². The van der Waals surface area contributed by atoms with Crippen molar-refractivity contribution >= 4 is 22.4 Å². The quantitative estimate of drug-likeness (QED) is 0.907. The van der Waals surface area contributed by atoms with Gasteiger partial charge in [0.15, 0.2) is 5.13 Å². The maximum absolute atomic E-state index is 13.1. The standard InChI is InChI=1S/C13H14FN3OS/c1-7-5-9(3-4-10(7)14)12(18)17-13-16-11(6-19-13)8(2)15/h3-6,8H,15H2,1-2H3,(H,16,17,18). The van der Waals surface area contributed by atoms with Gasteiger partial charge in [-0.1, -0.05) is 0 Å². The molecule has 1 atom stereocenters. The summed E-state index contributed by atoms with van der Waals surface area (Å²) in [6, 6.07) is 4.05. The van der Waals surface area contributed by atoms with Gasteiger partial charge in [-0.3, -0.25) is 10.1 Å². The molecule has 3 N–H and O–H groups in total. The normalized spacial score (nSPS) is 12.2. The topological polar surface area (TPSA) is 68.0 Å². The molecule has 100 valence electrons. The van der Waals surface area contributed by atoms with Crippen molar-refractivity contribution in [3.05, 3.63) is 46.2 Å². The summed E-state index contributed by atoms with van der Waals surface area (Å²) in [4.78, 5) is 16.2. The second kappa shape index (κ2) is 5.46. The monoisotopic (exact) mass is 279 g/mol. The molecule has 1 aromatic carbocycles. The van der Waals surface area contributed by atoms with Gasteiger partial charge in [-0.05, 0) is 37.6 Å². The fourth-order valence-corrected chi connectivity index (χ4v) is 2.32. The minimum Gasteiger partial charge on any atom is -0.323 e. The average Bonchev–Trinajstić information content (AvgIpc) is 2.81. The molecule has 1 aromatic heterocycles. The van der Waals surface area contributed by atoms with E-state index >= 15 is 0 Å². The predicted molar refractivity (Wildman–Crippen MR) is 73.8 cm³/mol. The predicted octanol–water partition coefficient (Wildman–Crippen LogP) is 2.86. The molecular weight excluding hydrogens is 265 g/mol.